The zero-order chi connectivity index (χ0) is 14.0. The van der Waals surface area contributed by atoms with Crippen molar-refractivity contribution in [3.63, 3.8) is 0 Å². The Morgan fingerprint density at radius 2 is 1.89 bits per heavy atom. The first-order valence-corrected chi connectivity index (χ1v) is 6.36. The molecule has 0 bridgehead atoms. The number of benzene rings is 1. The number of hydrogen-bond acceptors (Lipinski definition) is 2. The Morgan fingerprint density at radius 3 is 2.53 bits per heavy atom. The van der Waals surface area contributed by atoms with Gasteiger partial charge in [0.2, 0.25) is 0 Å². The number of anilines is 1. The minimum absolute atomic E-state index is 0.135. The molecule has 1 aromatic heterocycles. The third kappa shape index (κ3) is 3.12. The minimum atomic E-state index is -0.135. The first-order valence-electron chi connectivity index (χ1n) is 5.98. The van der Waals surface area contributed by atoms with Crippen molar-refractivity contribution >= 4 is 23.2 Å². The smallest absolute Gasteiger partial charge is 0.255 e. The summed E-state index contributed by atoms with van der Waals surface area (Å²) in [5.41, 5.74) is 4.32. The van der Waals surface area contributed by atoms with Gasteiger partial charge >= 0.3 is 0 Å². The van der Waals surface area contributed by atoms with E-state index in [9.17, 15) is 4.79 Å². The quantitative estimate of drug-likeness (QED) is 0.844. The van der Waals surface area contributed by atoms with Crippen molar-refractivity contribution in [2.24, 2.45) is 0 Å². The zero-order valence-corrected chi connectivity index (χ0v) is 11.9. The Bertz CT molecular complexity index is 638. The molecule has 0 saturated carbocycles. The van der Waals surface area contributed by atoms with Crippen LogP contribution < -0.4 is 5.32 Å². The van der Waals surface area contributed by atoms with Crippen LogP contribution in [0.1, 0.15) is 27.0 Å². The summed E-state index contributed by atoms with van der Waals surface area (Å²) in [5, 5.41) is 3.27. The van der Waals surface area contributed by atoms with Gasteiger partial charge in [0, 0.05) is 5.56 Å². The summed E-state index contributed by atoms with van der Waals surface area (Å²) in [5.74, 6) is -0.135. The highest BCUT2D eigenvalue weighted by Crippen LogP contribution is 2.19. The van der Waals surface area contributed by atoms with Gasteiger partial charge in [0.15, 0.2) is 0 Å². The molecule has 98 valence electrons. The Hall–Kier alpha value is -1.87. The molecule has 2 rings (SSSR count). The minimum Gasteiger partial charge on any atom is -0.320 e. The molecule has 0 aliphatic heterocycles. The SMILES string of the molecule is Cc1ccc(C(=O)Nc2cnc(Cl)cc2C)c(C)c1. The van der Waals surface area contributed by atoms with Crippen molar-refractivity contribution < 1.29 is 4.79 Å². The van der Waals surface area contributed by atoms with Crippen LogP contribution in [0.4, 0.5) is 5.69 Å². The molecule has 4 heteroatoms. The summed E-state index contributed by atoms with van der Waals surface area (Å²) in [4.78, 5) is 16.2. The van der Waals surface area contributed by atoms with Crippen molar-refractivity contribution in [3.05, 3.63) is 57.9 Å². The first kappa shape index (κ1) is 13.6. The average molecular weight is 275 g/mol. The van der Waals surface area contributed by atoms with Crippen LogP contribution in [0.15, 0.2) is 30.5 Å². The van der Waals surface area contributed by atoms with Gasteiger partial charge in [-0.3, -0.25) is 4.79 Å². The predicted octanol–water partition coefficient (Wildman–Crippen LogP) is 3.91. The van der Waals surface area contributed by atoms with E-state index < -0.39 is 0 Å². The van der Waals surface area contributed by atoms with Crippen LogP contribution in [0.25, 0.3) is 0 Å². The second-order valence-electron chi connectivity index (χ2n) is 4.59. The summed E-state index contributed by atoms with van der Waals surface area (Å²) in [7, 11) is 0. The van der Waals surface area contributed by atoms with Crippen LogP contribution in [-0.2, 0) is 0 Å². The lowest BCUT2D eigenvalue weighted by atomic mass is 10.1. The van der Waals surface area contributed by atoms with Crippen molar-refractivity contribution in [1.82, 2.24) is 4.98 Å². The van der Waals surface area contributed by atoms with Gasteiger partial charge in [-0.15, -0.1) is 0 Å². The number of rotatable bonds is 2. The van der Waals surface area contributed by atoms with E-state index in [1.54, 1.807) is 12.3 Å². The van der Waals surface area contributed by atoms with Crippen LogP contribution >= 0.6 is 11.6 Å². The maximum absolute atomic E-state index is 12.2. The number of nitrogens with one attached hydrogen (secondary N) is 1. The fourth-order valence-electron chi connectivity index (χ4n) is 1.91. The van der Waals surface area contributed by atoms with Gasteiger partial charge < -0.3 is 5.32 Å². The monoisotopic (exact) mass is 274 g/mol. The number of aromatic nitrogens is 1. The van der Waals surface area contributed by atoms with Gasteiger partial charge in [0.25, 0.3) is 5.91 Å². The number of hydrogen-bond donors (Lipinski definition) is 1. The van der Waals surface area contributed by atoms with Gasteiger partial charge in [0.05, 0.1) is 11.9 Å². The van der Waals surface area contributed by atoms with E-state index in [-0.39, 0.29) is 5.91 Å². The zero-order valence-electron chi connectivity index (χ0n) is 11.1. The van der Waals surface area contributed by atoms with Crippen molar-refractivity contribution in [3.8, 4) is 0 Å². The van der Waals surface area contributed by atoms with Gasteiger partial charge in [-0.25, -0.2) is 4.98 Å². The summed E-state index contributed by atoms with van der Waals surface area (Å²) in [6.07, 6.45) is 1.57. The largest absolute Gasteiger partial charge is 0.320 e. The van der Waals surface area contributed by atoms with Crippen LogP contribution in [0, 0.1) is 20.8 Å². The fourth-order valence-corrected chi connectivity index (χ4v) is 2.12. The highest BCUT2D eigenvalue weighted by Gasteiger charge is 2.10. The molecule has 1 heterocycles. The van der Waals surface area contributed by atoms with E-state index >= 15 is 0 Å². The third-order valence-corrected chi connectivity index (χ3v) is 3.16. The van der Waals surface area contributed by atoms with Gasteiger partial charge in [-0.05, 0) is 44.0 Å². The number of carbonyl (C=O) groups excluding carboxylic acids is 1. The molecule has 0 radical (unpaired) electrons. The summed E-state index contributed by atoms with van der Waals surface area (Å²) in [6, 6.07) is 7.47. The van der Waals surface area contributed by atoms with E-state index in [0.29, 0.717) is 16.4 Å². The van der Waals surface area contributed by atoms with Gasteiger partial charge in [0.1, 0.15) is 5.15 Å². The molecule has 1 N–H and O–H groups in total. The molecule has 3 nitrogen and oxygen atoms in total. The van der Waals surface area contributed by atoms with E-state index in [1.807, 2.05) is 39.0 Å². The number of halogens is 1. The summed E-state index contributed by atoms with van der Waals surface area (Å²) >= 11 is 5.79. The maximum Gasteiger partial charge on any atom is 0.255 e. The lowest BCUT2D eigenvalue weighted by molar-refractivity contribution is 0.102. The van der Waals surface area contributed by atoms with Crippen molar-refractivity contribution in [1.29, 1.82) is 0 Å². The van der Waals surface area contributed by atoms with Gasteiger partial charge in [-0.2, -0.15) is 0 Å². The molecule has 0 spiro atoms. The number of carbonyl (C=O) groups is 1. The lowest BCUT2D eigenvalue weighted by Gasteiger charge is -2.10. The lowest BCUT2D eigenvalue weighted by Crippen LogP contribution is -2.14. The molecule has 0 atom stereocenters. The standard InChI is InChI=1S/C15H15ClN2O/c1-9-4-5-12(10(2)6-9)15(19)18-13-8-17-14(16)7-11(13)3/h4-8H,1-3H3,(H,18,19). The molecule has 0 unspecified atom stereocenters. The fraction of sp³-hybridized carbons (Fsp3) is 0.200. The van der Waals surface area contributed by atoms with Crippen LogP contribution in [0.3, 0.4) is 0 Å². The molecule has 0 saturated heterocycles. The van der Waals surface area contributed by atoms with E-state index in [4.69, 9.17) is 11.6 Å². The first-order chi connectivity index (χ1) is 8.97. The molecule has 0 aliphatic carbocycles. The molecule has 2 aromatic rings. The van der Waals surface area contributed by atoms with E-state index in [1.165, 1.54) is 0 Å². The topological polar surface area (TPSA) is 42.0 Å². The summed E-state index contributed by atoms with van der Waals surface area (Å²) < 4.78 is 0. The number of nitrogens with zero attached hydrogens (tertiary/aromatic N) is 1. The maximum atomic E-state index is 12.2. The number of pyridine rings is 1. The second kappa shape index (κ2) is 5.41. The third-order valence-electron chi connectivity index (χ3n) is 2.95. The van der Waals surface area contributed by atoms with Crippen LogP contribution in [0.2, 0.25) is 5.15 Å². The molecule has 19 heavy (non-hydrogen) atoms. The Labute approximate surface area is 117 Å². The Kier molecular flexibility index (Phi) is 3.86. The number of amides is 1. The molecule has 0 fully saturated rings. The molecule has 1 aromatic carbocycles. The highest BCUT2D eigenvalue weighted by molar-refractivity contribution is 6.29. The molecular formula is C15H15ClN2O. The molecular weight excluding hydrogens is 260 g/mol. The summed E-state index contributed by atoms with van der Waals surface area (Å²) in [6.45, 7) is 5.81. The van der Waals surface area contributed by atoms with Crippen LogP contribution in [-0.4, -0.2) is 10.9 Å². The van der Waals surface area contributed by atoms with Crippen molar-refractivity contribution in [2.75, 3.05) is 5.32 Å². The molecule has 1 amide bonds. The Balaban J connectivity index is 2.25. The van der Waals surface area contributed by atoms with E-state index in [0.717, 1.165) is 16.7 Å². The van der Waals surface area contributed by atoms with Gasteiger partial charge in [-0.1, -0.05) is 29.3 Å². The predicted molar refractivity (Wildman–Crippen MR) is 77.9 cm³/mol. The second-order valence-corrected chi connectivity index (χ2v) is 4.98. The van der Waals surface area contributed by atoms with E-state index in [2.05, 4.69) is 10.3 Å². The number of aryl methyl sites for hydroxylation is 3. The highest BCUT2D eigenvalue weighted by atomic mass is 35.5. The Morgan fingerprint density at radius 1 is 1.16 bits per heavy atom. The average Bonchev–Trinajstić information content (AvgIpc) is 2.32. The molecule has 0 aliphatic rings. The van der Waals surface area contributed by atoms with Crippen LogP contribution in [0.5, 0.6) is 0 Å². The van der Waals surface area contributed by atoms with Crippen molar-refractivity contribution in [2.45, 2.75) is 20.8 Å². The normalized spacial score (nSPS) is 10.3.